The van der Waals surface area contributed by atoms with E-state index in [0.29, 0.717) is 0 Å². The number of thioether (sulfide) groups is 1. The zero-order chi connectivity index (χ0) is 21.2. The van der Waals surface area contributed by atoms with Gasteiger partial charge in [-0.05, 0) is 30.3 Å². The fraction of sp³-hybridized carbons (Fsp3) is 0.211. The van der Waals surface area contributed by atoms with Crippen LogP contribution < -0.4 is 5.32 Å². The van der Waals surface area contributed by atoms with Gasteiger partial charge in [-0.1, -0.05) is 30.0 Å². The zero-order valence-electron chi connectivity index (χ0n) is 15.0. The lowest BCUT2D eigenvalue weighted by Gasteiger charge is -2.10. The minimum absolute atomic E-state index is 0.000781. The Balaban J connectivity index is 1.72. The lowest BCUT2D eigenvalue weighted by Crippen LogP contribution is -2.30. The molecule has 1 aliphatic rings. The summed E-state index contributed by atoms with van der Waals surface area (Å²) < 4.78 is 52.2. The predicted octanol–water partition coefficient (Wildman–Crippen LogP) is 4.43. The first kappa shape index (κ1) is 20.8. The van der Waals surface area contributed by atoms with Gasteiger partial charge in [-0.15, -0.1) is 0 Å². The standard InChI is InChI=1S/C19H15F4N3O2S/c1-26-17(28)15(10-16(27)25-14-8-3-2-7-13(14)20)29-18(26)24-12-6-4-5-11(9-12)19(21,22)23/h2-9,15H,10H2,1H3,(H,25,27). The maximum Gasteiger partial charge on any atom is 0.416 e. The maximum absolute atomic E-state index is 13.6. The number of amidine groups is 1. The van der Waals surface area contributed by atoms with Crippen molar-refractivity contribution in [2.45, 2.75) is 17.8 Å². The van der Waals surface area contributed by atoms with Crippen molar-refractivity contribution in [1.82, 2.24) is 4.90 Å². The van der Waals surface area contributed by atoms with Gasteiger partial charge in [0.1, 0.15) is 11.1 Å². The molecule has 0 radical (unpaired) electrons. The monoisotopic (exact) mass is 425 g/mol. The van der Waals surface area contributed by atoms with Crippen molar-refractivity contribution in [3.05, 3.63) is 59.9 Å². The molecule has 1 aliphatic heterocycles. The molecule has 1 fully saturated rings. The van der Waals surface area contributed by atoms with E-state index in [1.807, 2.05) is 0 Å². The number of para-hydroxylation sites is 1. The topological polar surface area (TPSA) is 61.8 Å². The first-order valence-corrected chi connectivity index (χ1v) is 9.27. The molecule has 5 nitrogen and oxygen atoms in total. The molecular formula is C19H15F4N3O2S. The quantitative estimate of drug-likeness (QED) is 0.737. The average Bonchev–Trinajstić information content (AvgIpc) is 2.91. The van der Waals surface area contributed by atoms with Crippen molar-refractivity contribution in [3.8, 4) is 0 Å². The number of anilines is 1. The zero-order valence-corrected chi connectivity index (χ0v) is 15.9. The summed E-state index contributed by atoms with van der Waals surface area (Å²) in [5.74, 6) is -1.57. The number of nitrogens with one attached hydrogen (secondary N) is 1. The number of alkyl halides is 3. The van der Waals surface area contributed by atoms with E-state index in [0.717, 1.165) is 23.9 Å². The van der Waals surface area contributed by atoms with Gasteiger partial charge in [0, 0.05) is 13.5 Å². The van der Waals surface area contributed by atoms with Gasteiger partial charge in [-0.2, -0.15) is 13.2 Å². The van der Waals surface area contributed by atoms with E-state index in [1.54, 1.807) is 6.07 Å². The minimum atomic E-state index is -4.51. The fourth-order valence-corrected chi connectivity index (χ4v) is 3.75. The lowest BCUT2D eigenvalue weighted by atomic mass is 10.2. The third-order valence-corrected chi connectivity index (χ3v) is 5.29. The third kappa shape index (κ3) is 4.94. The second-order valence-corrected chi connectivity index (χ2v) is 7.35. The molecule has 1 N–H and O–H groups in total. The summed E-state index contributed by atoms with van der Waals surface area (Å²) in [5.41, 5.74) is -0.810. The third-order valence-electron chi connectivity index (χ3n) is 4.06. The highest BCUT2D eigenvalue weighted by molar-refractivity contribution is 8.15. The molecule has 1 heterocycles. The number of nitrogens with zero attached hydrogens (tertiary/aromatic N) is 2. The average molecular weight is 425 g/mol. The van der Waals surface area contributed by atoms with Crippen molar-refractivity contribution in [1.29, 1.82) is 0 Å². The van der Waals surface area contributed by atoms with Crippen molar-refractivity contribution >= 4 is 40.1 Å². The summed E-state index contributed by atoms with van der Waals surface area (Å²) in [4.78, 5) is 29.8. The van der Waals surface area contributed by atoms with Gasteiger partial charge in [0.2, 0.25) is 11.8 Å². The van der Waals surface area contributed by atoms with Crippen LogP contribution in [0, 0.1) is 5.82 Å². The van der Waals surface area contributed by atoms with Crippen LogP contribution in [0.2, 0.25) is 0 Å². The van der Waals surface area contributed by atoms with Gasteiger partial charge in [0.15, 0.2) is 5.17 Å². The van der Waals surface area contributed by atoms with E-state index in [9.17, 15) is 27.2 Å². The molecule has 2 aromatic rings. The van der Waals surface area contributed by atoms with Crippen LogP contribution in [0.3, 0.4) is 0 Å². The Morgan fingerprint density at radius 2 is 1.93 bits per heavy atom. The van der Waals surface area contributed by atoms with Crippen LogP contribution in [0.1, 0.15) is 12.0 Å². The van der Waals surface area contributed by atoms with Gasteiger partial charge in [-0.3, -0.25) is 14.5 Å². The van der Waals surface area contributed by atoms with Crippen LogP contribution in [0.4, 0.5) is 28.9 Å². The normalized spacial score (nSPS) is 18.4. The maximum atomic E-state index is 13.6. The second kappa shape index (κ2) is 8.24. The Labute approximate surface area is 167 Å². The highest BCUT2D eigenvalue weighted by Gasteiger charge is 2.37. The number of aliphatic imine (C=N–C) groups is 1. The number of hydrogen-bond acceptors (Lipinski definition) is 4. The molecule has 2 amide bonds. The van der Waals surface area contributed by atoms with Crippen LogP contribution in [-0.4, -0.2) is 34.2 Å². The Morgan fingerprint density at radius 3 is 2.62 bits per heavy atom. The summed E-state index contributed by atoms with van der Waals surface area (Å²) >= 11 is 0.969. The fourth-order valence-electron chi connectivity index (χ4n) is 2.59. The molecule has 0 aromatic heterocycles. The second-order valence-electron chi connectivity index (χ2n) is 6.18. The highest BCUT2D eigenvalue weighted by Crippen LogP contribution is 2.34. The lowest BCUT2D eigenvalue weighted by molar-refractivity contribution is -0.137. The largest absolute Gasteiger partial charge is 0.416 e. The van der Waals surface area contributed by atoms with E-state index in [1.165, 1.54) is 42.3 Å². The predicted molar refractivity (Wildman–Crippen MR) is 102 cm³/mol. The van der Waals surface area contributed by atoms with Gasteiger partial charge >= 0.3 is 6.18 Å². The molecule has 1 saturated heterocycles. The van der Waals surface area contributed by atoms with Crippen LogP contribution in [-0.2, 0) is 15.8 Å². The summed E-state index contributed by atoms with van der Waals surface area (Å²) in [6, 6.07) is 10.0. The number of hydrogen-bond donors (Lipinski definition) is 1. The Hall–Kier alpha value is -2.88. The molecule has 10 heteroatoms. The van der Waals surface area contributed by atoms with Gasteiger partial charge in [-0.25, -0.2) is 9.38 Å². The summed E-state index contributed by atoms with van der Waals surface area (Å²) in [6.45, 7) is 0. The van der Waals surface area contributed by atoms with Crippen molar-refractivity contribution in [2.24, 2.45) is 4.99 Å². The van der Waals surface area contributed by atoms with Gasteiger partial charge in [0.05, 0.1) is 16.9 Å². The minimum Gasteiger partial charge on any atom is -0.324 e. The smallest absolute Gasteiger partial charge is 0.324 e. The van der Waals surface area contributed by atoms with E-state index in [-0.39, 0.29) is 23.0 Å². The number of halogens is 4. The molecular weight excluding hydrogens is 410 g/mol. The van der Waals surface area contributed by atoms with Crippen molar-refractivity contribution in [3.63, 3.8) is 0 Å². The molecule has 29 heavy (non-hydrogen) atoms. The Kier molecular flexibility index (Phi) is 5.92. The Bertz CT molecular complexity index is 978. The molecule has 0 bridgehead atoms. The summed E-state index contributed by atoms with van der Waals surface area (Å²) in [7, 11) is 1.43. The molecule has 0 aliphatic carbocycles. The molecule has 0 saturated carbocycles. The molecule has 1 unspecified atom stereocenters. The summed E-state index contributed by atoms with van der Waals surface area (Å²) in [5, 5.41) is 1.77. The molecule has 0 spiro atoms. The summed E-state index contributed by atoms with van der Waals surface area (Å²) in [6.07, 6.45) is -4.74. The van der Waals surface area contributed by atoms with Gasteiger partial charge in [0.25, 0.3) is 0 Å². The first-order valence-electron chi connectivity index (χ1n) is 8.39. The van der Waals surface area contributed by atoms with Crippen LogP contribution in [0.25, 0.3) is 0 Å². The molecule has 152 valence electrons. The number of rotatable bonds is 4. The van der Waals surface area contributed by atoms with E-state index < -0.39 is 34.6 Å². The Morgan fingerprint density at radius 1 is 1.21 bits per heavy atom. The van der Waals surface area contributed by atoms with Crippen LogP contribution >= 0.6 is 11.8 Å². The van der Waals surface area contributed by atoms with E-state index in [4.69, 9.17) is 0 Å². The van der Waals surface area contributed by atoms with E-state index in [2.05, 4.69) is 10.3 Å². The number of carbonyl (C=O) groups excluding carboxylic acids is 2. The number of carbonyl (C=O) groups is 2. The van der Waals surface area contributed by atoms with Crippen molar-refractivity contribution < 1.29 is 27.2 Å². The van der Waals surface area contributed by atoms with Crippen LogP contribution in [0.15, 0.2) is 53.5 Å². The van der Waals surface area contributed by atoms with Gasteiger partial charge < -0.3 is 5.32 Å². The molecule has 2 aromatic carbocycles. The number of amides is 2. The molecule has 1 atom stereocenters. The van der Waals surface area contributed by atoms with Crippen molar-refractivity contribution in [2.75, 3.05) is 12.4 Å². The molecule has 3 rings (SSSR count). The van der Waals surface area contributed by atoms with Crippen LogP contribution in [0.5, 0.6) is 0 Å². The SMILES string of the molecule is CN1C(=O)C(CC(=O)Nc2ccccc2F)SC1=Nc1cccc(C(F)(F)F)c1. The highest BCUT2D eigenvalue weighted by atomic mass is 32.2. The van der Waals surface area contributed by atoms with E-state index >= 15 is 0 Å². The first-order chi connectivity index (χ1) is 13.6. The number of benzene rings is 2.